The molecule has 0 radical (unpaired) electrons. The van der Waals surface area contributed by atoms with Gasteiger partial charge in [0.15, 0.2) is 5.82 Å². The lowest BCUT2D eigenvalue weighted by Crippen LogP contribution is -2.28. The molecule has 1 fully saturated rings. The highest BCUT2D eigenvalue weighted by Gasteiger charge is 2.34. The van der Waals surface area contributed by atoms with Gasteiger partial charge in [-0.15, -0.1) is 0 Å². The molecule has 4 rings (SSSR count). The van der Waals surface area contributed by atoms with Crippen molar-refractivity contribution in [3.63, 3.8) is 0 Å². The number of nitrogens with zero attached hydrogens (tertiary/aromatic N) is 5. The number of fused-ring (bicyclic) bond motifs is 1. The Hall–Kier alpha value is -2.80. The maximum Gasteiger partial charge on any atom is 0.223 e. The van der Waals surface area contributed by atoms with Gasteiger partial charge in [-0.05, 0) is 12.1 Å². The van der Waals surface area contributed by atoms with Crippen molar-refractivity contribution in [1.29, 1.82) is 0 Å². The Morgan fingerprint density at radius 2 is 2.07 bits per heavy atom. The van der Waals surface area contributed by atoms with E-state index < -0.39 is 0 Å². The van der Waals surface area contributed by atoms with Crippen molar-refractivity contribution in [1.82, 2.24) is 24.6 Å². The second-order valence-corrected chi connectivity index (χ2v) is 7.48. The van der Waals surface area contributed by atoms with Gasteiger partial charge in [-0.25, -0.2) is 9.67 Å². The third kappa shape index (κ3) is 3.38. The fourth-order valence-corrected chi connectivity index (χ4v) is 3.65. The van der Waals surface area contributed by atoms with E-state index >= 15 is 0 Å². The van der Waals surface area contributed by atoms with Crippen LogP contribution in [0.15, 0.2) is 36.5 Å². The molecule has 0 bridgehead atoms. The fraction of sp³-hybridized carbons (Fsp3) is 0.429. The van der Waals surface area contributed by atoms with Crippen molar-refractivity contribution in [2.45, 2.75) is 32.1 Å². The SMILES string of the molecule is COCCN1C[C@H](c2nc(C(C)C)nn2-c2cccc3cccnc23)CC1=O. The van der Waals surface area contributed by atoms with Gasteiger partial charge < -0.3 is 9.64 Å². The molecule has 0 aliphatic carbocycles. The molecule has 0 saturated carbocycles. The Labute approximate surface area is 164 Å². The molecule has 1 aliphatic rings. The van der Waals surface area contributed by atoms with Crippen molar-refractivity contribution in [2.75, 3.05) is 26.8 Å². The van der Waals surface area contributed by atoms with E-state index in [1.807, 2.05) is 39.9 Å². The van der Waals surface area contributed by atoms with E-state index in [9.17, 15) is 4.79 Å². The van der Waals surface area contributed by atoms with E-state index in [1.54, 1.807) is 13.3 Å². The number of hydrogen-bond donors (Lipinski definition) is 0. The van der Waals surface area contributed by atoms with Crippen LogP contribution in [0.1, 0.15) is 43.8 Å². The zero-order chi connectivity index (χ0) is 19.7. The minimum atomic E-state index is 0.00308. The monoisotopic (exact) mass is 379 g/mol. The summed E-state index contributed by atoms with van der Waals surface area (Å²) in [4.78, 5) is 23.7. The van der Waals surface area contributed by atoms with E-state index in [4.69, 9.17) is 14.8 Å². The van der Waals surface area contributed by atoms with Crippen LogP contribution in [-0.4, -0.2) is 57.4 Å². The second-order valence-electron chi connectivity index (χ2n) is 7.48. The summed E-state index contributed by atoms with van der Waals surface area (Å²) < 4.78 is 7.03. The third-order valence-electron chi connectivity index (χ3n) is 5.15. The van der Waals surface area contributed by atoms with E-state index in [0.717, 1.165) is 28.2 Å². The highest BCUT2D eigenvalue weighted by molar-refractivity contribution is 5.86. The maximum absolute atomic E-state index is 12.5. The van der Waals surface area contributed by atoms with Gasteiger partial charge in [-0.3, -0.25) is 9.78 Å². The van der Waals surface area contributed by atoms with Crippen LogP contribution >= 0.6 is 0 Å². The molecule has 146 valence electrons. The maximum atomic E-state index is 12.5. The van der Waals surface area contributed by atoms with Crippen LogP contribution in [0.25, 0.3) is 16.6 Å². The number of rotatable bonds is 6. The Morgan fingerprint density at radius 3 is 2.86 bits per heavy atom. The number of carbonyl (C=O) groups excluding carboxylic acids is 1. The van der Waals surface area contributed by atoms with Crippen molar-refractivity contribution in [2.24, 2.45) is 0 Å². The van der Waals surface area contributed by atoms with E-state index in [-0.39, 0.29) is 17.7 Å². The molecule has 28 heavy (non-hydrogen) atoms. The summed E-state index contributed by atoms with van der Waals surface area (Å²) in [5.74, 6) is 1.95. The van der Waals surface area contributed by atoms with Crippen LogP contribution in [-0.2, 0) is 9.53 Å². The van der Waals surface area contributed by atoms with Crippen LogP contribution < -0.4 is 0 Å². The molecule has 0 N–H and O–H groups in total. The number of para-hydroxylation sites is 1. The lowest BCUT2D eigenvalue weighted by atomic mass is 10.1. The molecule has 0 spiro atoms. The molecular formula is C21H25N5O2. The lowest BCUT2D eigenvalue weighted by Gasteiger charge is -2.16. The Bertz CT molecular complexity index is 992. The third-order valence-corrected chi connectivity index (χ3v) is 5.15. The summed E-state index contributed by atoms with van der Waals surface area (Å²) in [6, 6.07) is 10.0. The van der Waals surface area contributed by atoms with Gasteiger partial charge in [0, 0.05) is 50.0 Å². The first-order valence-corrected chi connectivity index (χ1v) is 9.66. The van der Waals surface area contributed by atoms with Crippen molar-refractivity contribution in [3.05, 3.63) is 48.2 Å². The number of hydrogen-bond acceptors (Lipinski definition) is 5. The van der Waals surface area contributed by atoms with E-state index in [0.29, 0.717) is 26.1 Å². The van der Waals surface area contributed by atoms with Crippen molar-refractivity contribution >= 4 is 16.8 Å². The molecule has 1 atom stereocenters. The van der Waals surface area contributed by atoms with Crippen LogP contribution in [0.4, 0.5) is 0 Å². The Balaban J connectivity index is 1.77. The minimum absolute atomic E-state index is 0.00308. The smallest absolute Gasteiger partial charge is 0.223 e. The molecular weight excluding hydrogens is 354 g/mol. The predicted octanol–water partition coefficient (Wildman–Crippen LogP) is 2.90. The molecule has 1 saturated heterocycles. The summed E-state index contributed by atoms with van der Waals surface area (Å²) in [6.45, 7) is 5.93. The molecule has 3 aromatic rings. The van der Waals surface area contributed by atoms with Crippen LogP contribution in [0.3, 0.4) is 0 Å². The highest BCUT2D eigenvalue weighted by Crippen LogP contribution is 2.31. The topological polar surface area (TPSA) is 73.1 Å². The highest BCUT2D eigenvalue weighted by atomic mass is 16.5. The number of aromatic nitrogens is 4. The molecule has 7 nitrogen and oxygen atoms in total. The first kappa shape index (κ1) is 18.6. The average Bonchev–Trinajstić information content (AvgIpc) is 3.30. The number of amides is 1. The Morgan fingerprint density at radius 1 is 1.25 bits per heavy atom. The number of ether oxygens (including phenoxy) is 1. The van der Waals surface area contributed by atoms with E-state index in [1.165, 1.54) is 0 Å². The molecule has 1 aliphatic heterocycles. The van der Waals surface area contributed by atoms with Gasteiger partial charge in [-0.2, -0.15) is 5.10 Å². The number of benzene rings is 1. The van der Waals surface area contributed by atoms with Crippen LogP contribution in [0.5, 0.6) is 0 Å². The summed E-state index contributed by atoms with van der Waals surface area (Å²) in [5, 5.41) is 5.85. The standard InChI is InChI=1S/C21H25N5O2/c1-14(2)20-23-21(16-12-18(27)25(13-16)10-11-28-3)26(24-20)17-8-4-6-15-7-5-9-22-19(15)17/h4-9,14,16H,10-13H2,1-3H3/t16-/m1/s1. The van der Waals surface area contributed by atoms with Crippen LogP contribution in [0.2, 0.25) is 0 Å². The quantitative estimate of drug-likeness (QED) is 0.658. The van der Waals surface area contributed by atoms with Gasteiger partial charge in [0.2, 0.25) is 5.91 Å². The first-order chi connectivity index (χ1) is 13.6. The zero-order valence-corrected chi connectivity index (χ0v) is 16.5. The predicted molar refractivity (Wildman–Crippen MR) is 107 cm³/mol. The van der Waals surface area contributed by atoms with E-state index in [2.05, 4.69) is 18.8 Å². The number of likely N-dealkylation sites (tertiary alicyclic amines) is 1. The molecule has 0 unspecified atom stereocenters. The number of carbonyl (C=O) groups is 1. The van der Waals surface area contributed by atoms with Gasteiger partial charge in [-0.1, -0.05) is 32.0 Å². The van der Waals surface area contributed by atoms with Gasteiger partial charge in [0.05, 0.1) is 17.8 Å². The first-order valence-electron chi connectivity index (χ1n) is 9.66. The normalized spacial score (nSPS) is 17.2. The Kier molecular flexibility index (Phi) is 5.09. The number of methoxy groups -OCH3 is 1. The van der Waals surface area contributed by atoms with Gasteiger partial charge in [0.25, 0.3) is 0 Å². The summed E-state index contributed by atoms with van der Waals surface area (Å²) in [6.07, 6.45) is 2.23. The lowest BCUT2D eigenvalue weighted by molar-refractivity contribution is -0.128. The molecule has 3 heterocycles. The zero-order valence-electron chi connectivity index (χ0n) is 16.5. The summed E-state index contributed by atoms with van der Waals surface area (Å²) in [5.41, 5.74) is 1.78. The molecule has 1 amide bonds. The molecule has 7 heteroatoms. The van der Waals surface area contributed by atoms with Crippen molar-refractivity contribution < 1.29 is 9.53 Å². The molecule has 2 aromatic heterocycles. The van der Waals surface area contributed by atoms with Crippen molar-refractivity contribution in [3.8, 4) is 5.69 Å². The largest absolute Gasteiger partial charge is 0.383 e. The second kappa shape index (κ2) is 7.67. The van der Waals surface area contributed by atoms with Crippen LogP contribution in [0, 0.1) is 0 Å². The molecule has 1 aromatic carbocycles. The van der Waals surface area contributed by atoms with Gasteiger partial charge >= 0.3 is 0 Å². The fourth-order valence-electron chi connectivity index (χ4n) is 3.65. The number of pyridine rings is 1. The summed E-state index contributed by atoms with van der Waals surface area (Å²) >= 11 is 0. The van der Waals surface area contributed by atoms with Gasteiger partial charge in [0.1, 0.15) is 5.82 Å². The summed E-state index contributed by atoms with van der Waals surface area (Å²) in [7, 11) is 1.65. The average molecular weight is 379 g/mol. The minimum Gasteiger partial charge on any atom is -0.383 e.